The number of ether oxygens (including phenoxy) is 1. The molecule has 12 heavy (non-hydrogen) atoms. The van der Waals surface area contributed by atoms with Crippen molar-refractivity contribution in [3.05, 3.63) is 0 Å². The van der Waals surface area contributed by atoms with E-state index in [1.54, 1.807) is 0 Å². The molecule has 6 nitrogen and oxygen atoms in total. The van der Waals surface area contributed by atoms with E-state index in [0.717, 1.165) is 0 Å². The summed E-state index contributed by atoms with van der Waals surface area (Å²) < 4.78 is 15.3. The minimum Gasteiger partial charge on any atom is -0.394 e. The van der Waals surface area contributed by atoms with Gasteiger partial charge < -0.3 is 24.7 Å². The Bertz CT molecular complexity index is 200. The summed E-state index contributed by atoms with van der Waals surface area (Å²) >= 11 is 0. The molecule has 1 fully saturated rings. The minimum absolute atomic E-state index is 0.129. The zero-order valence-corrected chi connectivity index (χ0v) is 7.09. The molecule has 4 N–H and O–H groups in total. The molecule has 0 aromatic carbocycles. The minimum atomic E-state index is -4.29. The van der Waals surface area contributed by atoms with E-state index in [-0.39, 0.29) is 6.42 Å². The predicted octanol–water partition coefficient (Wildman–Crippen LogP) is -1.37. The van der Waals surface area contributed by atoms with Crippen LogP contribution >= 0.6 is 7.60 Å². The summed E-state index contributed by atoms with van der Waals surface area (Å²) in [5.41, 5.74) is 0. The highest BCUT2D eigenvalue weighted by atomic mass is 31.2. The second-order valence-electron chi connectivity index (χ2n) is 2.70. The lowest BCUT2D eigenvalue weighted by Gasteiger charge is -2.12. The lowest BCUT2D eigenvalue weighted by atomic mass is 10.2. The summed E-state index contributed by atoms with van der Waals surface area (Å²) in [7, 11) is -4.29. The lowest BCUT2D eigenvalue weighted by Crippen LogP contribution is -2.24. The van der Waals surface area contributed by atoms with E-state index in [1.807, 2.05) is 0 Å². The Morgan fingerprint density at radius 2 is 2.08 bits per heavy atom. The summed E-state index contributed by atoms with van der Waals surface area (Å²) in [6.07, 6.45) is -1.99. The molecular formula is C5H11O6P. The van der Waals surface area contributed by atoms with Crippen molar-refractivity contribution < 1.29 is 29.3 Å². The first kappa shape index (κ1) is 10.1. The van der Waals surface area contributed by atoms with Crippen LogP contribution in [-0.2, 0) is 9.30 Å². The highest BCUT2D eigenvalue weighted by molar-refractivity contribution is 7.52. The molecule has 72 valence electrons. The van der Waals surface area contributed by atoms with E-state index in [4.69, 9.17) is 24.7 Å². The summed E-state index contributed by atoms with van der Waals surface area (Å²) in [5.74, 6) is -1.27. The van der Waals surface area contributed by atoms with Gasteiger partial charge in [0.1, 0.15) is 6.10 Å². The quantitative estimate of drug-likeness (QED) is 0.408. The van der Waals surface area contributed by atoms with Crippen LogP contribution in [0.2, 0.25) is 0 Å². The fourth-order valence-corrected chi connectivity index (χ4v) is 1.89. The van der Waals surface area contributed by atoms with Crippen LogP contribution in [0.15, 0.2) is 0 Å². The van der Waals surface area contributed by atoms with Crippen molar-refractivity contribution in [1.29, 1.82) is 0 Å². The first-order chi connectivity index (χ1) is 5.45. The van der Waals surface area contributed by atoms with Crippen molar-refractivity contribution in [1.82, 2.24) is 0 Å². The number of aliphatic hydroxyl groups is 2. The summed E-state index contributed by atoms with van der Waals surface area (Å²) in [6.45, 7) is -0.433. The molecule has 1 rings (SSSR count). The highest BCUT2D eigenvalue weighted by Gasteiger charge is 2.42. The molecule has 0 spiro atoms. The second kappa shape index (κ2) is 3.41. The Morgan fingerprint density at radius 1 is 1.50 bits per heavy atom. The van der Waals surface area contributed by atoms with Gasteiger partial charge in [-0.3, -0.25) is 4.57 Å². The fourth-order valence-electron chi connectivity index (χ4n) is 1.09. The SMILES string of the molecule is O=P(O)(O)[C@H]1C[C@H](O)[C@@H](CO)O1. The summed E-state index contributed by atoms with van der Waals surface area (Å²) in [6, 6.07) is 0. The molecule has 7 heteroatoms. The van der Waals surface area contributed by atoms with Gasteiger partial charge in [-0.1, -0.05) is 0 Å². The molecule has 0 unspecified atom stereocenters. The average Bonchev–Trinajstić information content (AvgIpc) is 2.29. The second-order valence-corrected chi connectivity index (χ2v) is 4.46. The zero-order chi connectivity index (χ0) is 9.35. The number of hydrogen-bond acceptors (Lipinski definition) is 4. The Hall–Kier alpha value is 0.0300. The van der Waals surface area contributed by atoms with E-state index >= 15 is 0 Å². The third-order valence-electron chi connectivity index (χ3n) is 1.76. The maximum absolute atomic E-state index is 10.6. The monoisotopic (exact) mass is 198 g/mol. The van der Waals surface area contributed by atoms with Crippen LogP contribution in [0.1, 0.15) is 6.42 Å². The number of aliphatic hydroxyl groups excluding tert-OH is 2. The Kier molecular flexibility index (Phi) is 2.88. The van der Waals surface area contributed by atoms with Crippen LogP contribution in [-0.4, -0.2) is 44.7 Å². The van der Waals surface area contributed by atoms with Gasteiger partial charge in [0.15, 0.2) is 5.85 Å². The van der Waals surface area contributed by atoms with Crippen molar-refractivity contribution in [2.75, 3.05) is 6.61 Å². The zero-order valence-electron chi connectivity index (χ0n) is 6.20. The largest absolute Gasteiger partial charge is 0.394 e. The maximum atomic E-state index is 10.6. The Labute approximate surface area is 68.9 Å². The van der Waals surface area contributed by atoms with E-state index in [1.165, 1.54) is 0 Å². The summed E-state index contributed by atoms with van der Waals surface area (Å²) in [5, 5.41) is 17.7. The van der Waals surface area contributed by atoms with Crippen molar-refractivity contribution in [2.45, 2.75) is 24.5 Å². The van der Waals surface area contributed by atoms with Crippen LogP contribution in [0.4, 0.5) is 0 Å². The van der Waals surface area contributed by atoms with Gasteiger partial charge in [-0.05, 0) is 0 Å². The van der Waals surface area contributed by atoms with Gasteiger partial charge >= 0.3 is 7.60 Å². The molecule has 0 radical (unpaired) electrons. The van der Waals surface area contributed by atoms with Crippen LogP contribution in [0.5, 0.6) is 0 Å². The van der Waals surface area contributed by atoms with E-state index < -0.39 is 32.3 Å². The molecule has 0 amide bonds. The van der Waals surface area contributed by atoms with Crippen molar-refractivity contribution in [2.24, 2.45) is 0 Å². The third-order valence-corrected chi connectivity index (χ3v) is 2.84. The predicted molar refractivity (Wildman–Crippen MR) is 38.4 cm³/mol. The van der Waals surface area contributed by atoms with Crippen LogP contribution in [0.3, 0.4) is 0 Å². The first-order valence-corrected chi connectivity index (χ1v) is 5.13. The molecular weight excluding hydrogens is 187 g/mol. The number of hydrogen-bond donors (Lipinski definition) is 4. The van der Waals surface area contributed by atoms with E-state index in [9.17, 15) is 4.57 Å². The topological polar surface area (TPSA) is 107 Å². The Balaban J connectivity index is 2.60. The van der Waals surface area contributed by atoms with Gasteiger partial charge in [0.25, 0.3) is 0 Å². The average molecular weight is 198 g/mol. The Morgan fingerprint density at radius 3 is 2.33 bits per heavy atom. The third kappa shape index (κ3) is 2.04. The van der Waals surface area contributed by atoms with Gasteiger partial charge in [0.05, 0.1) is 12.7 Å². The standard InChI is InChI=1S/C5H11O6P/c6-2-4-3(7)1-5(11-4)12(8,9)10/h3-7H,1-2H2,(H2,8,9,10)/t3-,4+,5-/m0/s1. The molecule has 0 aromatic rings. The maximum Gasteiger partial charge on any atom is 0.354 e. The normalized spacial score (nSPS) is 37.2. The van der Waals surface area contributed by atoms with Gasteiger partial charge in [-0.25, -0.2) is 0 Å². The van der Waals surface area contributed by atoms with Crippen molar-refractivity contribution in [3.63, 3.8) is 0 Å². The smallest absolute Gasteiger partial charge is 0.354 e. The molecule has 1 aliphatic heterocycles. The van der Waals surface area contributed by atoms with Crippen molar-refractivity contribution >= 4 is 7.60 Å². The van der Waals surface area contributed by atoms with E-state index in [2.05, 4.69) is 0 Å². The van der Waals surface area contributed by atoms with Gasteiger partial charge in [-0.15, -0.1) is 0 Å². The molecule has 0 aliphatic carbocycles. The molecule has 1 saturated heterocycles. The molecule has 0 bridgehead atoms. The van der Waals surface area contributed by atoms with Crippen LogP contribution < -0.4 is 0 Å². The molecule has 1 heterocycles. The molecule has 3 atom stereocenters. The fraction of sp³-hybridized carbons (Fsp3) is 1.00. The van der Waals surface area contributed by atoms with Crippen LogP contribution in [0, 0.1) is 0 Å². The highest BCUT2D eigenvalue weighted by Crippen LogP contribution is 2.47. The van der Waals surface area contributed by atoms with Gasteiger partial charge in [-0.2, -0.15) is 0 Å². The lowest BCUT2D eigenvalue weighted by molar-refractivity contribution is -0.00857. The first-order valence-electron chi connectivity index (χ1n) is 3.44. The van der Waals surface area contributed by atoms with Gasteiger partial charge in [0, 0.05) is 6.42 Å². The van der Waals surface area contributed by atoms with Crippen molar-refractivity contribution in [3.8, 4) is 0 Å². The number of rotatable bonds is 2. The molecule has 0 saturated carbocycles. The summed E-state index contributed by atoms with van der Waals surface area (Å²) in [4.78, 5) is 17.3. The van der Waals surface area contributed by atoms with Crippen LogP contribution in [0.25, 0.3) is 0 Å². The van der Waals surface area contributed by atoms with Gasteiger partial charge in [0.2, 0.25) is 0 Å². The molecule has 0 aromatic heterocycles. The molecule has 1 aliphatic rings. The van der Waals surface area contributed by atoms with E-state index in [0.29, 0.717) is 0 Å².